The summed E-state index contributed by atoms with van der Waals surface area (Å²) < 4.78 is 14.0. The standard InChI is InChI=1S/C5H4O2S/c6-5(7)4-2-1-3-8-4/h1-3H,(H,6,7)/i2D,3D. The van der Waals surface area contributed by atoms with Gasteiger partial charge in [-0.2, -0.15) is 0 Å². The molecular weight excluding hydrogens is 124 g/mol. The van der Waals surface area contributed by atoms with Crippen molar-refractivity contribution < 1.29 is 12.6 Å². The molecule has 0 bridgehead atoms. The number of thiophene rings is 1. The summed E-state index contributed by atoms with van der Waals surface area (Å²) in [6, 6.07) is 1.14. The molecule has 0 amide bonds. The van der Waals surface area contributed by atoms with Crippen molar-refractivity contribution in [3.8, 4) is 0 Å². The average molecular weight is 130 g/mol. The summed E-state index contributed by atoms with van der Waals surface area (Å²) in [6.07, 6.45) is 0. The van der Waals surface area contributed by atoms with E-state index < -0.39 is 5.97 Å². The van der Waals surface area contributed by atoms with Crippen molar-refractivity contribution in [1.29, 1.82) is 0 Å². The fourth-order valence-electron chi connectivity index (χ4n) is 0.318. The smallest absolute Gasteiger partial charge is 0.345 e. The molecule has 1 N–H and O–H groups in total. The first-order chi connectivity index (χ1) is 4.61. The summed E-state index contributed by atoms with van der Waals surface area (Å²) in [7, 11) is 0. The Hall–Kier alpha value is -0.830. The molecule has 0 atom stereocenters. The number of carboxylic acid groups (broad SMARTS) is 1. The van der Waals surface area contributed by atoms with Gasteiger partial charge in [-0.15, -0.1) is 11.3 Å². The zero-order valence-corrected chi connectivity index (χ0v) is 4.66. The lowest BCUT2D eigenvalue weighted by Crippen LogP contribution is -1.89. The van der Waals surface area contributed by atoms with Crippen LogP contribution in [0.3, 0.4) is 0 Å². The molecule has 0 aliphatic heterocycles. The SMILES string of the molecule is [2H]c1cc([2H])c(C(=O)O)s1. The van der Waals surface area contributed by atoms with Gasteiger partial charge in [-0.05, 0) is 11.4 Å². The van der Waals surface area contributed by atoms with Crippen molar-refractivity contribution in [2.24, 2.45) is 0 Å². The first-order valence-corrected chi connectivity index (χ1v) is 2.73. The third kappa shape index (κ3) is 0.869. The molecule has 1 aromatic rings. The van der Waals surface area contributed by atoms with Gasteiger partial charge in [0, 0.05) is 0 Å². The molecule has 0 aliphatic rings. The van der Waals surface area contributed by atoms with Crippen molar-refractivity contribution in [2.45, 2.75) is 0 Å². The van der Waals surface area contributed by atoms with Gasteiger partial charge in [-0.1, -0.05) is 6.07 Å². The molecule has 0 unspecified atom stereocenters. The van der Waals surface area contributed by atoms with Gasteiger partial charge < -0.3 is 5.11 Å². The Morgan fingerprint density at radius 3 is 3.00 bits per heavy atom. The van der Waals surface area contributed by atoms with Crippen LogP contribution >= 0.6 is 11.3 Å². The van der Waals surface area contributed by atoms with Gasteiger partial charge in [0.2, 0.25) is 0 Å². The van der Waals surface area contributed by atoms with Gasteiger partial charge in [-0.25, -0.2) is 4.79 Å². The van der Waals surface area contributed by atoms with Crippen LogP contribution in [0.1, 0.15) is 12.4 Å². The summed E-state index contributed by atoms with van der Waals surface area (Å²) in [5.41, 5.74) is 0. The lowest BCUT2D eigenvalue weighted by atomic mass is 10.5. The predicted molar refractivity (Wildman–Crippen MR) is 31.3 cm³/mol. The van der Waals surface area contributed by atoms with Gasteiger partial charge >= 0.3 is 5.97 Å². The topological polar surface area (TPSA) is 37.3 Å². The van der Waals surface area contributed by atoms with Gasteiger partial charge in [0.05, 0.1) is 2.74 Å². The Bertz CT molecular complexity index is 269. The van der Waals surface area contributed by atoms with Crippen LogP contribution in [-0.2, 0) is 0 Å². The molecule has 3 heteroatoms. The van der Waals surface area contributed by atoms with E-state index >= 15 is 0 Å². The number of aromatic carboxylic acids is 1. The number of carboxylic acids is 1. The van der Waals surface area contributed by atoms with Gasteiger partial charge in [0.15, 0.2) is 0 Å². The van der Waals surface area contributed by atoms with Gasteiger partial charge in [-0.3, -0.25) is 0 Å². The van der Waals surface area contributed by atoms with Crippen molar-refractivity contribution in [3.05, 3.63) is 22.3 Å². The largest absolute Gasteiger partial charge is 0.477 e. The third-order valence-electron chi connectivity index (χ3n) is 0.617. The third-order valence-corrected chi connectivity index (χ3v) is 1.35. The minimum absolute atomic E-state index is 0.0648. The lowest BCUT2D eigenvalue weighted by Gasteiger charge is -1.78. The summed E-state index contributed by atoms with van der Waals surface area (Å²) in [5.74, 6) is -1.13. The molecule has 0 saturated heterocycles. The molecule has 0 fully saturated rings. The van der Waals surface area contributed by atoms with E-state index in [-0.39, 0.29) is 16.3 Å². The monoisotopic (exact) mass is 130 g/mol. The first-order valence-electron chi connectivity index (χ1n) is 2.91. The van der Waals surface area contributed by atoms with Crippen LogP contribution in [0.15, 0.2) is 17.5 Å². The lowest BCUT2D eigenvalue weighted by molar-refractivity contribution is 0.0702. The zero-order valence-electron chi connectivity index (χ0n) is 5.84. The number of hydrogen-bond acceptors (Lipinski definition) is 2. The zero-order chi connectivity index (χ0) is 7.72. The van der Waals surface area contributed by atoms with Crippen LogP contribution in [-0.4, -0.2) is 11.1 Å². The Labute approximate surface area is 53.2 Å². The average Bonchev–Trinajstić information content (AvgIpc) is 2.10. The molecule has 1 aromatic heterocycles. The second-order valence-electron chi connectivity index (χ2n) is 1.14. The van der Waals surface area contributed by atoms with Crippen molar-refractivity contribution in [3.63, 3.8) is 0 Å². The molecular formula is C5H4O2S. The van der Waals surface area contributed by atoms with E-state index in [0.717, 1.165) is 11.3 Å². The van der Waals surface area contributed by atoms with Crippen LogP contribution in [0.5, 0.6) is 0 Å². The molecule has 1 heterocycles. The summed E-state index contributed by atoms with van der Waals surface area (Å²) in [4.78, 5) is 10.2. The highest BCUT2D eigenvalue weighted by atomic mass is 32.1. The summed E-state index contributed by atoms with van der Waals surface area (Å²) >= 11 is 0.802. The van der Waals surface area contributed by atoms with Crippen molar-refractivity contribution in [2.75, 3.05) is 0 Å². The van der Waals surface area contributed by atoms with E-state index in [2.05, 4.69) is 0 Å². The van der Waals surface area contributed by atoms with Crippen LogP contribution in [0.25, 0.3) is 0 Å². The molecule has 0 aromatic carbocycles. The Balaban J connectivity index is 3.15. The quantitative estimate of drug-likeness (QED) is 0.624. The Morgan fingerprint density at radius 1 is 2.00 bits per heavy atom. The fraction of sp³-hybridized carbons (Fsp3) is 0. The fourth-order valence-corrected chi connectivity index (χ4v) is 0.759. The maximum absolute atomic E-state index is 10.2. The van der Waals surface area contributed by atoms with Crippen molar-refractivity contribution in [1.82, 2.24) is 0 Å². The summed E-state index contributed by atoms with van der Waals surface area (Å²) in [5, 5.41) is 8.50. The second-order valence-corrected chi connectivity index (χ2v) is 1.99. The number of carbonyl (C=O) groups is 1. The predicted octanol–water partition coefficient (Wildman–Crippen LogP) is 1.45. The Morgan fingerprint density at radius 2 is 2.75 bits per heavy atom. The minimum atomic E-state index is -1.13. The van der Waals surface area contributed by atoms with E-state index in [9.17, 15) is 4.79 Å². The molecule has 2 nitrogen and oxygen atoms in total. The molecule has 0 radical (unpaired) electrons. The normalized spacial score (nSPS) is 12.5. The second kappa shape index (κ2) is 1.96. The molecule has 42 valence electrons. The molecule has 0 aliphatic carbocycles. The van der Waals surface area contributed by atoms with E-state index in [4.69, 9.17) is 7.85 Å². The highest BCUT2D eigenvalue weighted by molar-refractivity contribution is 7.11. The van der Waals surface area contributed by atoms with Gasteiger partial charge in [0.1, 0.15) is 4.88 Å². The first kappa shape index (κ1) is 3.25. The van der Waals surface area contributed by atoms with E-state index in [1.165, 1.54) is 6.07 Å². The van der Waals surface area contributed by atoms with E-state index in [1.807, 2.05) is 0 Å². The van der Waals surface area contributed by atoms with Crippen LogP contribution in [0.2, 0.25) is 0 Å². The van der Waals surface area contributed by atoms with E-state index in [1.54, 1.807) is 0 Å². The van der Waals surface area contributed by atoms with Crippen LogP contribution in [0, 0.1) is 0 Å². The highest BCUT2D eigenvalue weighted by Gasteiger charge is 1.99. The van der Waals surface area contributed by atoms with Crippen LogP contribution < -0.4 is 0 Å². The van der Waals surface area contributed by atoms with Crippen molar-refractivity contribution >= 4 is 17.3 Å². The molecule has 0 spiro atoms. The molecule has 8 heavy (non-hydrogen) atoms. The number of rotatable bonds is 1. The van der Waals surface area contributed by atoms with E-state index in [0.29, 0.717) is 0 Å². The minimum Gasteiger partial charge on any atom is -0.477 e. The number of hydrogen-bond donors (Lipinski definition) is 1. The molecule has 0 saturated carbocycles. The van der Waals surface area contributed by atoms with Crippen LogP contribution in [0.4, 0.5) is 0 Å². The maximum Gasteiger partial charge on any atom is 0.345 e. The molecule has 1 rings (SSSR count). The maximum atomic E-state index is 10.2. The highest BCUT2D eigenvalue weighted by Crippen LogP contribution is 2.06. The summed E-state index contributed by atoms with van der Waals surface area (Å²) in [6.45, 7) is 0. The Kier molecular flexibility index (Phi) is 0.796. The van der Waals surface area contributed by atoms with Gasteiger partial charge in [0.25, 0.3) is 0 Å².